The molecule has 1 aliphatic heterocycles. The summed E-state index contributed by atoms with van der Waals surface area (Å²) in [6.45, 7) is 1.67. The van der Waals surface area contributed by atoms with Crippen LogP contribution in [-0.4, -0.2) is 18.5 Å². The van der Waals surface area contributed by atoms with Crippen molar-refractivity contribution in [1.82, 2.24) is 4.90 Å². The zero-order valence-electron chi connectivity index (χ0n) is 7.68. The van der Waals surface area contributed by atoms with Gasteiger partial charge in [-0.2, -0.15) is 0 Å². The Bertz CT molecular complexity index is 336. The molecule has 0 amide bonds. The largest absolute Gasteiger partial charge is 0.396 e. The molecule has 1 aliphatic rings. The molecule has 0 aromatic heterocycles. The molecule has 0 unspecified atom stereocenters. The number of nitrogens with two attached hydrogens (primary N) is 1. The highest BCUT2D eigenvalue weighted by Crippen LogP contribution is 2.24. The fourth-order valence-electron chi connectivity index (χ4n) is 1.74. The summed E-state index contributed by atoms with van der Waals surface area (Å²) in [7, 11) is 1.99. The van der Waals surface area contributed by atoms with Gasteiger partial charge in [-0.15, -0.1) is 0 Å². The molecule has 2 N–H and O–H groups in total. The summed E-state index contributed by atoms with van der Waals surface area (Å²) in [4.78, 5) is 2.10. The van der Waals surface area contributed by atoms with E-state index in [4.69, 9.17) is 5.73 Å². The zero-order valence-corrected chi connectivity index (χ0v) is 7.68. The first-order chi connectivity index (χ1) is 6.18. The second-order valence-corrected chi connectivity index (χ2v) is 3.59. The van der Waals surface area contributed by atoms with E-state index in [9.17, 15) is 4.39 Å². The smallest absolute Gasteiger partial charge is 0.150 e. The van der Waals surface area contributed by atoms with Gasteiger partial charge in [0.2, 0.25) is 0 Å². The minimum absolute atomic E-state index is 0.232. The number of rotatable bonds is 0. The molecule has 1 aromatic rings. The maximum absolute atomic E-state index is 13.5. The number of nitrogen functional groups attached to an aromatic ring is 1. The minimum atomic E-state index is -0.232. The van der Waals surface area contributed by atoms with Crippen molar-refractivity contribution in [3.8, 4) is 0 Å². The first kappa shape index (κ1) is 8.51. The van der Waals surface area contributed by atoms with Crippen molar-refractivity contribution in [2.45, 2.75) is 13.0 Å². The quantitative estimate of drug-likeness (QED) is 0.611. The van der Waals surface area contributed by atoms with Crippen molar-refractivity contribution >= 4 is 5.69 Å². The molecule has 0 atom stereocenters. The van der Waals surface area contributed by atoms with Crippen LogP contribution in [0.3, 0.4) is 0 Å². The Morgan fingerprint density at radius 1 is 1.46 bits per heavy atom. The highest BCUT2D eigenvalue weighted by Gasteiger charge is 2.17. The third-order valence-corrected chi connectivity index (χ3v) is 2.56. The van der Waals surface area contributed by atoms with Crippen LogP contribution in [0.5, 0.6) is 0 Å². The van der Waals surface area contributed by atoms with Gasteiger partial charge in [-0.3, -0.25) is 0 Å². The van der Waals surface area contributed by atoms with Crippen LogP contribution < -0.4 is 5.73 Å². The maximum atomic E-state index is 13.5. The van der Waals surface area contributed by atoms with Crippen LogP contribution in [0.25, 0.3) is 0 Å². The first-order valence-corrected chi connectivity index (χ1v) is 4.43. The molecule has 0 radical (unpaired) electrons. The van der Waals surface area contributed by atoms with Crippen LogP contribution in [0, 0.1) is 5.82 Å². The number of likely N-dealkylation sites (N-methyl/N-ethyl adjacent to an activating group) is 1. The number of hydrogen-bond donors (Lipinski definition) is 1. The summed E-state index contributed by atoms with van der Waals surface area (Å²) < 4.78 is 13.5. The summed E-state index contributed by atoms with van der Waals surface area (Å²) in [6, 6.07) is 3.58. The maximum Gasteiger partial charge on any atom is 0.150 e. The highest BCUT2D eigenvalue weighted by molar-refractivity contribution is 5.47. The molecule has 70 valence electrons. The average Bonchev–Trinajstić information content (AvgIpc) is 2.12. The van der Waals surface area contributed by atoms with Crippen LogP contribution in [0.1, 0.15) is 11.1 Å². The van der Waals surface area contributed by atoms with E-state index >= 15 is 0 Å². The van der Waals surface area contributed by atoms with E-state index in [1.807, 2.05) is 13.1 Å². The summed E-state index contributed by atoms with van der Waals surface area (Å²) in [5.41, 5.74) is 7.63. The second-order valence-electron chi connectivity index (χ2n) is 3.59. The molecule has 1 heterocycles. The lowest BCUT2D eigenvalue weighted by Gasteiger charge is -2.25. The molecule has 2 nitrogen and oxygen atoms in total. The van der Waals surface area contributed by atoms with Gasteiger partial charge in [0.25, 0.3) is 0 Å². The predicted molar refractivity (Wildman–Crippen MR) is 50.9 cm³/mol. The summed E-state index contributed by atoms with van der Waals surface area (Å²) in [5.74, 6) is -0.232. The summed E-state index contributed by atoms with van der Waals surface area (Å²) >= 11 is 0. The van der Waals surface area contributed by atoms with E-state index in [-0.39, 0.29) is 11.5 Å². The molecule has 0 aliphatic carbocycles. The van der Waals surface area contributed by atoms with Gasteiger partial charge in [0.1, 0.15) is 0 Å². The lowest BCUT2D eigenvalue weighted by Crippen LogP contribution is -2.27. The van der Waals surface area contributed by atoms with Crippen molar-refractivity contribution in [3.05, 3.63) is 29.1 Å². The molecule has 2 rings (SSSR count). The third-order valence-electron chi connectivity index (χ3n) is 2.56. The second kappa shape index (κ2) is 3.00. The van der Waals surface area contributed by atoms with E-state index in [1.165, 1.54) is 0 Å². The number of hydrogen-bond acceptors (Lipinski definition) is 2. The van der Waals surface area contributed by atoms with Crippen LogP contribution >= 0.6 is 0 Å². The minimum Gasteiger partial charge on any atom is -0.396 e. The van der Waals surface area contributed by atoms with Gasteiger partial charge in [0.15, 0.2) is 5.82 Å². The van der Waals surface area contributed by atoms with Crippen LogP contribution in [0.15, 0.2) is 12.1 Å². The molecule has 3 heteroatoms. The normalized spacial score (nSPS) is 17.1. The molecule has 0 bridgehead atoms. The van der Waals surface area contributed by atoms with Crippen molar-refractivity contribution in [2.75, 3.05) is 19.3 Å². The molecular formula is C10H13FN2. The van der Waals surface area contributed by atoms with Gasteiger partial charge in [0.05, 0.1) is 5.69 Å². The molecule has 13 heavy (non-hydrogen) atoms. The number of benzene rings is 1. The topological polar surface area (TPSA) is 29.3 Å². The Morgan fingerprint density at radius 2 is 2.23 bits per heavy atom. The van der Waals surface area contributed by atoms with Crippen molar-refractivity contribution in [2.24, 2.45) is 0 Å². The number of anilines is 1. The molecule has 0 saturated heterocycles. The van der Waals surface area contributed by atoms with E-state index in [1.54, 1.807) is 6.07 Å². The number of fused-ring (bicyclic) bond motifs is 1. The van der Waals surface area contributed by atoms with Crippen LogP contribution in [-0.2, 0) is 13.0 Å². The number of nitrogens with zero attached hydrogens (tertiary/aromatic N) is 1. The Morgan fingerprint density at radius 3 is 3.00 bits per heavy atom. The van der Waals surface area contributed by atoms with E-state index < -0.39 is 0 Å². The van der Waals surface area contributed by atoms with Crippen molar-refractivity contribution in [1.29, 1.82) is 0 Å². The van der Waals surface area contributed by atoms with Gasteiger partial charge in [-0.1, -0.05) is 6.07 Å². The van der Waals surface area contributed by atoms with Crippen LogP contribution in [0.2, 0.25) is 0 Å². The molecule has 0 spiro atoms. The monoisotopic (exact) mass is 180 g/mol. The van der Waals surface area contributed by atoms with Gasteiger partial charge < -0.3 is 10.6 Å². The van der Waals surface area contributed by atoms with E-state index in [2.05, 4.69) is 4.90 Å². The molecule has 0 fully saturated rings. The summed E-state index contributed by atoms with van der Waals surface area (Å²) in [6.07, 6.45) is 0.920. The zero-order chi connectivity index (χ0) is 9.42. The number of halogens is 1. The van der Waals surface area contributed by atoms with E-state index in [0.29, 0.717) is 6.54 Å². The molecule has 1 aromatic carbocycles. The van der Waals surface area contributed by atoms with Crippen molar-refractivity contribution < 1.29 is 4.39 Å². The average molecular weight is 180 g/mol. The van der Waals surface area contributed by atoms with Gasteiger partial charge >= 0.3 is 0 Å². The lowest BCUT2D eigenvalue weighted by molar-refractivity contribution is 0.306. The van der Waals surface area contributed by atoms with Crippen molar-refractivity contribution in [3.63, 3.8) is 0 Å². The Labute approximate surface area is 77.2 Å². The highest BCUT2D eigenvalue weighted by atomic mass is 19.1. The van der Waals surface area contributed by atoms with Gasteiger partial charge in [0, 0.05) is 18.7 Å². The fourth-order valence-corrected chi connectivity index (χ4v) is 1.74. The SMILES string of the molecule is CN1CCc2ccc(N)c(F)c2C1. The Balaban J connectivity index is 2.48. The Kier molecular flexibility index (Phi) is 1.96. The lowest BCUT2D eigenvalue weighted by atomic mass is 9.99. The fraction of sp³-hybridized carbons (Fsp3) is 0.400. The standard InChI is InChI=1S/C10H13FN2/c1-13-5-4-7-2-3-9(12)10(11)8(7)6-13/h2-3H,4-6,12H2,1H3. The van der Waals surface area contributed by atoms with Crippen LogP contribution in [0.4, 0.5) is 10.1 Å². The Hall–Kier alpha value is -1.09. The molecular weight excluding hydrogens is 167 g/mol. The van der Waals surface area contributed by atoms with E-state index in [0.717, 1.165) is 24.1 Å². The first-order valence-electron chi connectivity index (χ1n) is 4.43. The van der Waals surface area contributed by atoms with Gasteiger partial charge in [-0.25, -0.2) is 4.39 Å². The molecule has 0 saturated carbocycles. The third kappa shape index (κ3) is 1.40. The predicted octanol–water partition coefficient (Wildman–Crippen LogP) is 1.40. The summed E-state index contributed by atoms with van der Waals surface area (Å²) in [5, 5.41) is 0. The van der Waals surface area contributed by atoms with Gasteiger partial charge in [-0.05, 0) is 25.1 Å².